The Morgan fingerprint density at radius 3 is 2.74 bits per heavy atom. The summed E-state index contributed by atoms with van der Waals surface area (Å²) < 4.78 is 0. The van der Waals surface area contributed by atoms with E-state index in [2.05, 4.69) is 15.6 Å². The van der Waals surface area contributed by atoms with Gasteiger partial charge < -0.3 is 15.6 Å². The fraction of sp³-hybridized carbons (Fsp3) is 0.286. The first-order chi connectivity index (χ1) is 9.11. The highest BCUT2D eigenvalue weighted by Crippen LogP contribution is 2.19. The number of fused-ring (bicyclic) bond motifs is 1. The molecular weight excluding hydrogens is 242 g/mol. The van der Waals surface area contributed by atoms with Gasteiger partial charge in [0.2, 0.25) is 11.8 Å². The van der Waals surface area contributed by atoms with Gasteiger partial charge >= 0.3 is 0 Å². The molecule has 0 aliphatic heterocycles. The third kappa shape index (κ3) is 2.93. The van der Waals surface area contributed by atoms with Gasteiger partial charge in [0, 0.05) is 37.5 Å². The van der Waals surface area contributed by atoms with Crippen molar-refractivity contribution < 1.29 is 9.59 Å². The summed E-state index contributed by atoms with van der Waals surface area (Å²) in [6.45, 7) is 1.41. The second kappa shape index (κ2) is 5.56. The predicted octanol–water partition coefficient (Wildman–Crippen LogP) is 0.961. The summed E-state index contributed by atoms with van der Waals surface area (Å²) in [6, 6.07) is 7.32. The number of aromatic amines is 1. The summed E-state index contributed by atoms with van der Waals surface area (Å²) >= 11 is 0. The van der Waals surface area contributed by atoms with Gasteiger partial charge in [0.05, 0.1) is 0 Å². The van der Waals surface area contributed by atoms with Crippen LogP contribution in [0.2, 0.25) is 0 Å². The van der Waals surface area contributed by atoms with E-state index >= 15 is 0 Å². The van der Waals surface area contributed by atoms with E-state index in [0.717, 1.165) is 16.5 Å². The van der Waals surface area contributed by atoms with E-state index in [4.69, 9.17) is 0 Å². The molecule has 100 valence electrons. The Morgan fingerprint density at radius 2 is 2.05 bits per heavy atom. The standard InChI is InChI=1S/C14H17N3O2/c1-9(18)17-13(14(19)15-2)7-10-8-16-12-6-4-3-5-11(10)12/h3-6,8,13,16H,7H2,1-2H3,(H,15,19)(H,17,18)/t13-/m0/s1. The van der Waals surface area contributed by atoms with E-state index < -0.39 is 6.04 Å². The molecule has 0 saturated carbocycles. The quantitative estimate of drug-likeness (QED) is 0.765. The minimum absolute atomic E-state index is 0.194. The van der Waals surface area contributed by atoms with Crippen molar-refractivity contribution >= 4 is 22.7 Å². The number of hydrogen-bond donors (Lipinski definition) is 3. The second-order valence-corrected chi connectivity index (χ2v) is 4.43. The first kappa shape index (κ1) is 13.1. The van der Waals surface area contributed by atoms with Crippen LogP contribution in [-0.2, 0) is 16.0 Å². The SMILES string of the molecule is CNC(=O)[C@H](Cc1c[nH]c2ccccc12)NC(C)=O. The van der Waals surface area contributed by atoms with Crippen molar-refractivity contribution in [3.05, 3.63) is 36.0 Å². The lowest BCUT2D eigenvalue weighted by Gasteiger charge is -2.15. The van der Waals surface area contributed by atoms with Crippen molar-refractivity contribution in [2.45, 2.75) is 19.4 Å². The van der Waals surface area contributed by atoms with Gasteiger partial charge in [0.15, 0.2) is 0 Å². The van der Waals surface area contributed by atoms with Crippen LogP contribution in [0.5, 0.6) is 0 Å². The van der Waals surface area contributed by atoms with Gasteiger partial charge in [-0.1, -0.05) is 18.2 Å². The summed E-state index contributed by atoms with van der Waals surface area (Å²) in [4.78, 5) is 26.1. The van der Waals surface area contributed by atoms with E-state index in [-0.39, 0.29) is 11.8 Å². The van der Waals surface area contributed by atoms with Crippen LogP contribution in [0.1, 0.15) is 12.5 Å². The maximum absolute atomic E-state index is 11.8. The summed E-state index contributed by atoms with van der Waals surface area (Å²) in [5.74, 6) is -0.408. The van der Waals surface area contributed by atoms with Crippen molar-refractivity contribution in [2.24, 2.45) is 0 Å². The molecule has 1 heterocycles. The van der Waals surface area contributed by atoms with Crippen LogP contribution in [0, 0.1) is 0 Å². The zero-order valence-corrected chi connectivity index (χ0v) is 11.0. The van der Waals surface area contributed by atoms with Crippen molar-refractivity contribution in [2.75, 3.05) is 7.05 Å². The first-order valence-corrected chi connectivity index (χ1v) is 6.15. The Labute approximate surface area is 111 Å². The number of nitrogens with one attached hydrogen (secondary N) is 3. The predicted molar refractivity (Wildman–Crippen MR) is 73.7 cm³/mol. The molecule has 0 saturated heterocycles. The lowest BCUT2D eigenvalue weighted by atomic mass is 10.0. The first-order valence-electron chi connectivity index (χ1n) is 6.15. The average Bonchev–Trinajstić information content (AvgIpc) is 2.80. The molecule has 0 bridgehead atoms. The largest absolute Gasteiger partial charge is 0.361 e. The molecule has 1 aromatic carbocycles. The number of hydrogen-bond acceptors (Lipinski definition) is 2. The Balaban J connectivity index is 2.25. The smallest absolute Gasteiger partial charge is 0.242 e. The molecule has 1 atom stereocenters. The molecule has 0 fully saturated rings. The molecule has 19 heavy (non-hydrogen) atoms. The van der Waals surface area contributed by atoms with Crippen molar-refractivity contribution in [3.8, 4) is 0 Å². The van der Waals surface area contributed by atoms with Crippen LogP contribution in [0.15, 0.2) is 30.5 Å². The van der Waals surface area contributed by atoms with E-state index in [0.29, 0.717) is 6.42 Å². The molecule has 2 amide bonds. The summed E-state index contributed by atoms with van der Waals surface area (Å²) in [7, 11) is 1.56. The number of aromatic nitrogens is 1. The zero-order chi connectivity index (χ0) is 13.8. The molecule has 5 nitrogen and oxygen atoms in total. The van der Waals surface area contributed by atoms with Gasteiger partial charge in [-0.05, 0) is 11.6 Å². The summed E-state index contributed by atoms with van der Waals surface area (Å²) in [5, 5.41) is 6.31. The zero-order valence-electron chi connectivity index (χ0n) is 11.0. The van der Waals surface area contributed by atoms with E-state index in [1.54, 1.807) is 7.05 Å². The molecule has 2 rings (SSSR count). The van der Waals surface area contributed by atoms with Crippen molar-refractivity contribution in [1.82, 2.24) is 15.6 Å². The van der Waals surface area contributed by atoms with E-state index in [1.807, 2.05) is 30.5 Å². The fourth-order valence-electron chi connectivity index (χ4n) is 2.15. The number of H-pyrrole nitrogens is 1. The molecule has 5 heteroatoms. The monoisotopic (exact) mass is 259 g/mol. The number of carbonyl (C=O) groups is 2. The molecule has 0 unspecified atom stereocenters. The minimum Gasteiger partial charge on any atom is -0.361 e. The number of carbonyl (C=O) groups excluding carboxylic acids is 2. The van der Waals surface area contributed by atoms with E-state index in [1.165, 1.54) is 6.92 Å². The minimum atomic E-state index is -0.554. The highest BCUT2D eigenvalue weighted by molar-refractivity contribution is 5.88. The molecule has 0 aliphatic carbocycles. The van der Waals surface area contributed by atoms with Gasteiger partial charge in [-0.2, -0.15) is 0 Å². The van der Waals surface area contributed by atoms with Crippen LogP contribution < -0.4 is 10.6 Å². The normalized spacial score (nSPS) is 12.1. The van der Waals surface area contributed by atoms with Crippen molar-refractivity contribution in [1.29, 1.82) is 0 Å². The Bertz CT molecular complexity index is 604. The van der Waals surface area contributed by atoms with Crippen LogP contribution in [0.3, 0.4) is 0 Å². The molecule has 2 aromatic rings. The van der Waals surface area contributed by atoms with E-state index in [9.17, 15) is 9.59 Å². The molecular formula is C14H17N3O2. The number of rotatable bonds is 4. The second-order valence-electron chi connectivity index (χ2n) is 4.43. The Kier molecular flexibility index (Phi) is 3.85. The van der Waals surface area contributed by atoms with Crippen molar-refractivity contribution in [3.63, 3.8) is 0 Å². The van der Waals surface area contributed by atoms with Crippen LogP contribution >= 0.6 is 0 Å². The molecule has 1 aromatic heterocycles. The maximum atomic E-state index is 11.8. The number of amides is 2. The molecule has 0 aliphatic rings. The lowest BCUT2D eigenvalue weighted by molar-refractivity contribution is -0.127. The third-order valence-electron chi connectivity index (χ3n) is 3.04. The van der Waals surface area contributed by atoms with Crippen LogP contribution in [0.25, 0.3) is 10.9 Å². The van der Waals surface area contributed by atoms with Gasteiger partial charge in [-0.25, -0.2) is 0 Å². The van der Waals surface area contributed by atoms with Crippen LogP contribution in [0.4, 0.5) is 0 Å². The average molecular weight is 259 g/mol. The number of benzene rings is 1. The highest BCUT2D eigenvalue weighted by atomic mass is 16.2. The fourth-order valence-corrected chi connectivity index (χ4v) is 2.15. The number of para-hydroxylation sites is 1. The van der Waals surface area contributed by atoms with Gasteiger partial charge in [-0.3, -0.25) is 9.59 Å². The molecule has 0 radical (unpaired) electrons. The summed E-state index contributed by atoms with van der Waals surface area (Å²) in [5.41, 5.74) is 2.04. The Morgan fingerprint density at radius 1 is 1.32 bits per heavy atom. The number of likely N-dealkylation sites (N-methyl/N-ethyl adjacent to an activating group) is 1. The van der Waals surface area contributed by atoms with Gasteiger partial charge in [-0.15, -0.1) is 0 Å². The molecule has 3 N–H and O–H groups in total. The van der Waals surface area contributed by atoms with Gasteiger partial charge in [0.1, 0.15) is 6.04 Å². The molecule has 0 spiro atoms. The highest BCUT2D eigenvalue weighted by Gasteiger charge is 2.20. The maximum Gasteiger partial charge on any atom is 0.242 e. The summed E-state index contributed by atoms with van der Waals surface area (Å²) in [6.07, 6.45) is 2.34. The van der Waals surface area contributed by atoms with Gasteiger partial charge in [0.25, 0.3) is 0 Å². The Hall–Kier alpha value is -2.30. The van der Waals surface area contributed by atoms with Crippen LogP contribution in [-0.4, -0.2) is 29.9 Å². The lowest BCUT2D eigenvalue weighted by Crippen LogP contribution is -2.46. The topological polar surface area (TPSA) is 74.0 Å². The third-order valence-corrected chi connectivity index (χ3v) is 3.04.